The van der Waals surface area contributed by atoms with Gasteiger partial charge in [0.25, 0.3) is 0 Å². The Bertz CT molecular complexity index is 126. The third kappa shape index (κ3) is 5.33. The first kappa shape index (κ1) is 7.33. The molecule has 0 heterocycles. The highest BCUT2D eigenvalue weighted by molar-refractivity contribution is 6.18. The van der Waals surface area contributed by atoms with E-state index in [2.05, 4.69) is 5.92 Å². The molecule has 0 unspecified atom stereocenters. The highest BCUT2D eigenvalue weighted by Crippen LogP contribution is 1.78. The van der Waals surface area contributed by atoms with E-state index in [1.807, 2.05) is 12.2 Å². The highest BCUT2D eigenvalue weighted by Gasteiger charge is 1.60. The second-order valence-electron chi connectivity index (χ2n) is 1.11. The number of allylic oxidation sites excluding steroid dienone is 4. The molecule has 0 spiro atoms. The van der Waals surface area contributed by atoms with Crippen molar-refractivity contribution in [1.82, 2.24) is 0 Å². The normalized spacial score (nSPS) is 10.5. The van der Waals surface area contributed by atoms with Crippen LogP contribution in [-0.2, 0) is 0 Å². The standard InChI is InChI=1S/C7H7Cl/c1-2-3-4-5-6-7-8/h1,3-6H,7H2/b4-3+,6-5+. The molecule has 0 radical (unpaired) electrons. The Labute approximate surface area is 54.9 Å². The molecule has 0 nitrogen and oxygen atoms in total. The van der Waals surface area contributed by atoms with Crippen LogP contribution in [0, 0.1) is 12.3 Å². The third-order valence-corrected chi connectivity index (χ3v) is 0.707. The van der Waals surface area contributed by atoms with Gasteiger partial charge in [-0.05, 0) is 6.08 Å². The van der Waals surface area contributed by atoms with Crippen molar-refractivity contribution in [2.24, 2.45) is 0 Å². The highest BCUT2D eigenvalue weighted by atomic mass is 35.5. The van der Waals surface area contributed by atoms with Crippen molar-refractivity contribution < 1.29 is 0 Å². The van der Waals surface area contributed by atoms with Crippen molar-refractivity contribution in [2.75, 3.05) is 5.88 Å². The Hall–Kier alpha value is -0.670. The molecule has 0 fully saturated rings. The molecule has 0 aliphatic rings. The largest absolute Gasteiger partial charge is 0.122 e. The van der Waals surface area contributed by atoms with Gasteiger partial charge in [0.2, 0.25) is 0 Å². The average Bonchev–Trinajstić information content (AvgIpc) is 1.81. The molecule has 0 atom stereocenters. The molecule has 0 amide bonds. The lowest BCUT2D eigenvalue weighted by atomic mass is 10.4. The van der Waals surface area contributed by atoms with Crippen LogP contribution in [0.5, 0.6) is 0 Å². The maximum absolute atomic E-state index is 5.31. The SMILES string of the molecule is C#C/C=C/C=C/CCl. The van der Waals surface area contributed by atoms with Crippen LogP contribution in [0.3, 0.4) is 0 Å². The molecule has 1 heteroatoms. The zero-order chi connectivity index (χ0) is 6.24. The second-order valence-corrected chi connectivity index (χ2v) is 1.42. The number of hydrogen-bond acceptors (Lipinski definition) is 0. The topological polar surface area (TPSA) is 0 Å². The van der Waals surface area contributed by atoms with Crippen LogP contribution in [0.1, 0.15) is 0 Å². The van der Waals surface area contributed by atoms with E-state index >= 15 is 0 Å². The molecule has 0 aromatic carbocycles. The van der Waals surface area contributed by atoms with Crippen LogP contribution in [0.2, 0.25) is 0 Å². The summed E-state index contributed by atoms with van der Waals surface area (Å²) >= 11 is 5.31. The van der Waals surface area contributed by atoms with Gasteiger partial charge in [-0.25, -0.2) is 0 Å². The predicted molar refractivity (Wildman–Crippen MR) is 37.8 cm³/mol. The molecular formula is C7H7Cl. The number of terminal acetylenes is 1. The van der Waals surface area contributed by atoms with Gasteiger partial charge < -0.3 is 0 Å². The minimum absolute atomic E-state index is 0.537. The van der Waals surface area contributed by atoms with Crippen LogP contribution in [0.4, 0.5) is 0 Å². The Morgan fingerprint density at radius 3 is 2.75 bits per heavy atom. The lowest BCUT2D eigenvalue weighted by molar-refractivity contribution is 1.74. The molecule has 0 aromatic rings. The number of alkyl halides is 1. The molecule has 0 aliphatic heterocycles. The Morgan fingerprint density at radius 1 is 1.50 bits per heavy atom. The van der Waals surface area contributed by atoms with Gasteiger partial charge in [0.1, 0.15) is 0 Å². The van der Waals surface area contributed by atoms with Gasteiger partial charge in [-0.2, -0.15) is 0 Å². The summed E-state index contributed by atoms with van der Waals surface area (Å²) in [6.07, 6.45) is 11.9. The fourth-order valence-electron chi connectivity index (χ4n) is 0.241. The fourth-order valence-corrected chi connectivity index (χ4v) is 0.344. The molecule has 0 aliphatic carbocycles. The van der Waals surface area contributed by atoms with Crippen LogP contribution >= 0.6 is 11.6 Å². The smallest absolute Gasteiger partial charge is 0.0407 e. The monoisotopic (exact) mass is 126 g/mol. The molecule has 0 bridgehead atoms. The maximum Gasteiger partial charge on any atom is 0.0407 e. The first-order valence-electron chi connectivity index (χ1n) is 2.25. The summed E-state index contributed by atoms with van der Waals surface area (Å²) < 4.78 is 0. The van der Waals surface area contributed by atoms with Crippen molar-refractivity contribution in [3.05, 3.63) is 24.3 Å². The molecule has 8 heavy (non-hydrogen) atoms. The molecule has 42 valence electrons. The number of rotatable bonds is 2. The van der Waals surface area contributed by atoms with E-state index in [0.717, 1.165) is 0 Å². The zero-order valence-electron chi connectivity index (χ0n) is 4.47. The van der Waals surface area contributed by atoms with E-state index in [4.69, 9.17) is 18.0 Å². The van der Waals surface area contributed by atoms with Crippen molar-refractivity contribution in [3.63, 3.8) is 0 Å². The summed E-state index contributed by atoms with van der Waals surface area (Å²) in [7, 11) is 0. The first-order chi connectivity index (χ1) is 3.91. The molecule has 0 aromatic heterocycles. The third-order valence-electron chi connectivity index (χ3n) is 0.529. The number of halogens is 1. The van der Waals surface area contributed by atoms with Crippen molar-refractivity contribution in [1.29, 1.82) is 0 Å². The van der Waals surface area contributed by atoms with Gasteiger partial charge in [-0.15, -0.1) is 18.0 Å². The van der Waals surface area contributed by atoms with Crippen LogP contribution in [-0.4, -0.2) is 5.88 Å². The first-order valence-corrected chi connectivity index (χ1v) is 2.79. The summed E-state index contributed by atoms with van der Waals surface area (Å²) in [5, 5.41) is 0. The molecule has 0 N–H and O–H groups in total. The summed E-state index contributed by atoms with van der Waals surface area (Å²) in [4.78, 5) is 0. The van der Waals surface area contributed by atoms with Gasteiger partial charge in [0.05, 0.1) is 0 Å². The van der Waals surface area contributed by atoms with Crippen molar-refractivity contribution in [3.8, 4) is 12.3 Å². The van der Waals surface area contributed by atoms with E-state index in [1.54, 1.807) is 12.2 Å². The summed E-state index contributed by atoms with van der Waals surface area (Å²) in [6, 6.07) is 0. The van der Waals surface area contributed by atoms with Gasteiger partial charge in [0.15, 0.2) is 0 Å². The van der Waals surface area contributed by atoms with E-state index in [-0.39, 0.29) is 0 Å². The van der Waals surface area contributed by atoms with E-state index < -0.39 is 0 Å². The fraction of sp³-hybridized carbons (Fsp3) is 0.143. The lowest BCUT2D eigenvalue weighted by Crippen LogP contribution is -1.55. The maximum atomic E-state index is 5.31. The van der Waals surface area contributed by atoms with Crippen LogP contribution in [0.15, 0.2) is 24.3 Å². The summed E-state index contributed by atoms with van der Waals surface area (Å²) in [5.74, 6) is 2.89. The van der Waals surface area contributed by atoms with Gasteiger partial charge in [-0.3, -0.25) is 0 Å². The van der Waals surface area contributed by atoms with Gasteiger partial charge in [-0.1, -0.05) is 24.1 Å². The van der Waals surface area contributed by atoms with Crippen molar-refractivity contribution in [2.45, 2.75) is 0 Å². The molecule has 0 saturated carbocycles. The van der Waals surface area contributed by atoms with E-state index in [9.17, 15) is 0 Å². The quantitative estimate of drug-likeness (QED) is 0.302. The minimum atomic E-state index is 0.537. The molecule has 0 rings (SSSR count). The Kier molecular flexibility index (Phi) is 5.80. The second kappa shape index (κ2) is 6.33. The van der Waals surface area contributed by atoms with E-state index in [1.165, 1.54) is 0 Å². The summed E-state index contributed by atoms with van der Waals surface area (Å²) in [5.41, 5.74) is 0. The van der Waals surface area contributed by atoms with E-state index in [0.29, 0.717) is 5.88 Å². The van der Waals surface area contributed by atoms with Crippen LogP contribution in [0.25, 0.3) is 0 Å². The summed E-state index contributed by atoms with van der Waals surface area (Å²) in [6.45, 7) is 0. The number of hydrogen-bond donors (Lipinski definition) is 0. The van der Waals surface area contributed by atoms with Crippen LogP contribution < -0.4 is 0 Å². The Balaban J connectivity index is 3.31. The lowest BCUT2D eigenvalue weighted by Gasteiger charge is -1.68. The zero-order valence-corrected chi connectivity index (χ0v) is 5.23. The minimum Gasteiger partial charge on any atom is -0.122 e. The van der Waals surface area contributed by atoms with Gasteiger partial charge >= 0.3 is 0 Å². The van der Waals surface area contributed by atoms with Gasteiger partial charge in [0, 0.05) is 5.88 Å². The molecular weight excluding hydrogens is 120 g/mol. The average molecular weight is 127 g/mol. The molecule has 0 saturated heterocycles. The predicted octanol–water partition coefficient (Wildman–Crippen LogP) is 1.97. The Morgan fingerprint density at radius 2 is 2.25 bits per heavy atom. The van der Waals surface area contributed by atoms with Crippen molar-refractivity contribution >= 4 is 11.6 Å².